The van der Waals surface area contributed by atoms with Crippen molar-refractivity contribution in [3.05, 3.63) is 58.3 Å². The molecule has 0 radical (unpaired) electrons. The quantitative estimate of drug-likeness (QED) is 0.447. The lowest BCUT2D eigenvalue weighted by Gasteiger charge is -2.13. The van der Waals surface area contributed by atoms with Crippen molar-refractivity contribution < 1.29 is 4.74 Å². The summed E-state index contributed by atoms with van der Waals surface area (Å²) in [5.74, 6) is 1.28. The molecule has 7 heteroatoms. The normalized spacial score (nSPS) is 11.2. The number of halogens is 2. The van der Waals surface area contributed by atoms with Crippen LogP contribution in [0.3, 0.4) is 0 Å². The predicted octanol–water partition coefficient (Wildman–Crippen LogP) is 3.52. The van der Waals surface area contributed by atoms with Gasteiger partial charge < -0.3 is 15.4 Å². The minimum absolute atomic E-state index is 0.426. The topological polar surface area (TPSA) is 58.5 Å². The van der Waals surface area contributed by atoms with Crippen LogP contribution in [0.4, 0.5) is 0 Å². The second kappa shape index (κ2) is 10.0. The number of nitrogens with one attached hydrogen (secondary N) is 2. The first-order chi connectivity index (χ1) is 11.7. The van der Waals surface area contributed by atoms with Crippen molar-refractivity contribution in [2.75, 3.05) is 19.7 Å². The Morgan fingerprint density at radius 1 is 1.17 bits per heavy atom. The van der Waals surface area contributed by atoms with Crippen molar-refractivity contribution in [2.45, 2.75) is 13.5 Å². The second-order valence-corrected chi connectivity index (χ2v) is 5.63. The number of ether oxygens (including phenoxy) is 1. The van der Waals surface area contributed by atoms with E-state index < -0.39 is 0 Å². The zero-order valence-electron chi connectivity index (χ0n) is 13.4. The van der Waals surface area contributed by atoms with Crippen molar-refractivity contribution in [3.8, 4) is 5.75 Å². The summed E-state index contributed by atoms with van der Waals surface area (Å²) >= 11 is 12.0. The maximum Gasteiger partial charge on any atom is 0.191 e. The number of pyridine rings is 1. The van der Waals surface area contributed by atoms with Gasteiger partial charge in [0, 0.05) is 12.7 Å². The van der Waals surface area contributed by atoms with Crippen LogP contribution in [-0.2, 0) is 6.54 Å². The van der Waals surface area contributed by atoms with Gasteiger partial charge in [-0.3, -0.25) is 4.98 Å². The van der Waals surface area contributed by atoms with Gasteiger partial charge in [0.15, 0.2) is 5.96 Å². The molecule has 0 aliphatic rings. The first kappa shape index (κ1) is 18.4. The molecule has 128 valence electrons. The van der Waals surface area contributed by atoms with Crippen LogP contribution in [-0.4, -0.2) is 30.6 Å². The molecule has 0 bridgehead atoms. The summed E-state index contributed by atoms with van der Waals surface area (Å²) in [4.78, 5) is 8.74. The molecule has 5 nitrogen and oxygen atoms in total. The van der Waals surface area contributed by atoms with E-state index in [-0.39, 0.29) is 0 Å². The largest absolute Gasteiger partial charge is 0.490 e. The fraction of sp³-hybridized carbons (Fsp3) is 0.294. The molecule has 0 unspecified atom stereocenters. The monoisotopic (exact) mass is 366 g/mol. The van der Waals surface area contributed by atoms with E-state index in [2.05, 4.69) is 20.6 Å². The molecular weight excluding hydrogens is 347 g/mol. The lowest BCUT2D eigenvalue weighted by atomic mass is 10.3. The molecule has 0 aliphatic heterocycles. The zero-order chi connectivity index (χ0) is 17.2. The molecule has 0 atom stereocenters. The molecule has 0 amide bonds. The highest BCUT2D eigenvalue weighted by Crippen LogP contribution is 2.31. The van der Waals surface area contributed by atoms with Gasteiger partial charge >= 0.3 is 0 Å². The third-order valence-corrected chi connectivity index (χ3v) is 3.84. The van der Waals surface area contributed by atoms with E-state index in [0.29, 0.717) is 41.5 Å². The van der Waals surface area contributed by atoms with Gasteiger partial charge in [-0.15, -0.1) is 0 Å². The van der Waals surface area contributed by atoms with Gasteiger partial charge in [0.1, 0.15) is 17.4 Å². The summed E-state index contributed by atoms with van der Waals surface area (Å²) in [5.41, 5.74) is 0.914. The van der Waals surface area contributed by atoms with E-state index in [9.17, 15) is 0 Å². The number of nitrogens with zero attached hydrogens (tertiary/aromatic N) is 2. The number of hydrogen-bond acceptors (Lipinski definition) is 3. The second-order valence-electron chi connectivity index (χ2n) is 4.84. The molecule has 0 saturated carbocycles. The van der Waals surface area contributed by atoms with Crippen LogP contribution in [0, 0.1) is 0 Å². The first-order valence-corrected chi connectivity index (χ1v) is 8.45. The molecule has 0 fully saturated rings. The Kier molecular flexibility index (Phi) is 7.65. The predicted molar refractivity (Wildman–Crippen MR) is 99.0 cm³/mol. The first-order valence-electron chi connectivity index (χ1n) is 7.69. The SMILES string of the molecule is CCNC(=NCc1ccccn1)NCCOc1cccc(Cl)c1Cl. The molecule has 2 aromatic rings. The number of hydrogen-bond donors (Lipinski definition) is 2. The molecule has 2 rings (SSSR count). The van der Waals surface area contributed by atoms with Crippen LogP contribution in [0.2, 0.25) is 10.0 Å². The van der Waals surface area contributed by atoms with Crippen molar-refractivity contribution in [3.63, 3.8) is 0 Å². The van der Waals surface area contributed by atoms with Gasteiger partial charge in [0.2, 0.25) is 0 Å². The molecule has 0 saturated heterocycles. The molecule has 0 aliphatic carbocycles. The van der Waals surface area contributed by atoms with Gasteiger partial charge in [-0.2, -0.15) is 0 Å². The van der Waals surface area contributed by atoms with E-state index in [0.717, 1.165) is 12.2 Å². The van der Waals surface area contributed by atoms with Gasteiger partial charge in [-0.25, -0.2) is 4.99 Å². The highest BCUT2D eigenvalue weighted by Gasteiger charge is 2.05. The van der Waals surface area contributed by atoms with Gasteiger partial charge in [0.05, 0.1) is 23.8 Å². The van der Waals surface area contributed by atoms with Crippen LogP contribution >= 0.6 is 23.2 Å². The number of benzene rings is 1. The fourth-order valence-electron chi connectivity index (χ4n) is 1.92. The standard InChI is InChI=1S/C17H20Cl2N4O/c1-2-20-17(23-12-13-6-3-4-9-21-13)22-10-11-24-15-8-5-7-14(18)16(15)19/h3-9H,2,10-12H2,1H3,(H2,20,22,23). The summed E-state index contributed by atoms with van der Waals surface area (Å²) in [6.45, 7) is 4.32. The van der Waals surface area contributed by atoms with E-state index >= 15 is 0 Å². The van der Waals surface area contributed by atoms with Crippen LogP contribution in [0.1, 0.15) is 12.6 Å². The van der Waals surface area contributed by atoms with Gasteiger partial charge in [-0.1, -0.05) is 35.3 Å². The summed E-state index contributed by atoms with van der Waals surface area (Å²) in [6, 6.07) is 11.1. The maximum atomic E-state index is 6.08. The van der Waals surface area contributed by atoms with E-state index in [1.165, 1.54) is 0 Å². The average Bonchev–Trinajstić information content (AvgIpc) is 2.60. The van der Waals surface area contributed by atoms with Gasteiger partial charge in [0.25, 0.3) is 0 Å². The Morgan fingerprint density at radius 2 is 2.04 bits per heavy atom. The molecular formula is C17H20Cl2N4O. The summed E-state index contributed by atoms with van der Waals surface area (Å²) in [5, 5.41) is 7.29. The Balaban J connectivity index is 1.82. The number of rotatable bonds is 7. The minimum Gasteiger partial charge on any atom is -0.490 e. The fourth-order valence-corrected chi connectivity index (χ4v) is 2.27. The molecule has 1 aromatic heterocycles. The van der Waals surface area contributed by atoms with E-state index in [1.807, 2.05) is 25.1 Å². The Bertz CT molecular complexity index is 665. The van der Waals surface area contributed by atoms with Crippen LogP contribution in [0.5, 0.6) is 5.75 Å². The summed E-state index contributed by atoms with van der Waals surface area (Å²) < 4.78 is 5.63. The number of aromatic nitrogens is 1. The van der Waals surface area contributed by atoms with Crippen LogP contribution in [0.25, 0.3) is 0 Å². The van der Waals surface area contributed by atoms with Crippen molar-refractivity contribution in [1.29, 1.82) is 0 Å². The third-order valence-electron chi connectivity index (χ3n) is 3.04. The van der Waals surface area contributed by atoms with E-state index in [1.54, 1.807) is 24.4 Å². The van der Waals surface area contributed by atoms with Crippen LogP contribution in [0.15, 0.2) is 47.6 Å². The maximum absolute atomic E-state index is 6.08. The summed E-state index contributed by atoms with van der Waals surface area (Å²) in [6.07, 6.45) is 1.76. The van der Waals surface area contributed by atoms with Crippen molar-refractivity contribution in [1.82, 2.24) is 15.6 Å². The molecule has 0 spiro atoms. The van der Waals surface area contributed by atoms with Crippen LogP contribution < -0.4 is 15.4 Å². The minimum atomic E-state index is 0.426. The summed E-state index contributed by atoms with van der Waals surface area (Å²) in [7, 11) is 0. The number of guanidine groups is 1. The Morgan fingerprint density at radius 3 is 2.79 bits per heavy atom. The molecule has 1 heterocycles. The van der Waals surface area contributed by atoms with Crippen molar-refractivity contribution in [2.24, 2.45) is 4.99 Å². The highest BCUT2D eigenvalue weighted by atomic mass is 35.5. The lowest BCUT2D eigenvalue weighted by Crippen LogP contribution is -2.39. The highest BCUT2D eigenvalue weighted by molar-refractivity contribution is 6.42. The Hall–Kier alpha value is -1.98. The average molecular weight is 367 g/mol. The molecule has 1 aromatic carbocycles. The Labute approximate surface area is 152 Å². The molecule has 24 heavy (non-hydrogen) atoms. The van der Waals surface area contributed by atoms with Crippen molar-refractivity contribution >= 4 is 29.2 Å². The smallest absolute Gasteiger partial charge is 0.191 e. The molecule has 2 N–H and O–H groups in total. The van der Waals surface area contributed by atoms with E-state index in [4.69, 9.17) is 27.9 Å². The zero-order valence-corrected chi connectivity index (χ0v) is 14.9. The lowest BCUT2D eigenvalue weighted by molar-refractivity contribution is 0.322. The third kappa shape index (κ3) is 5.91. The van der Waals surface area contributed by atoms with Gasteiger partial charge in [-0.05, 0) is 31.2 Å². The number of aliphatic imine (C=N–C) groups is 1.